The zero-order chi connectivity index (χ0) is 10.7. The zero-order valence-electron chi connectivity index (χ0n) is 8.44. The van der Waals surface area contributed by atoms with E-state index in [0.29, 0.717) is 10.9 Å². The van der Waals surface area contributed by atoms with Crippen LogP contribution in [0, 0.1) is 6.92 Å². The molecule has 0 unspecified atom stereocenters. The third-order valence-corrected chi connectivity index (χ3v) is 2.19. The molecular weight excluding hydrogens is 198 g/mol. The summed E-state index contributed by atoms with van der Waals surface area (Å²) in [5, 5.41) is 9.85. The van der Waals surface area contributed by atoms with Gasteiger partial charge < -0.3 is 14.7 Å². The van der Waals surface area contributed by atoms with E-state index in [0.717, 1.165) is 5.56 Å². The molecule has 0 saturated carbocycles. The van der Waals surface area contributed by atoms with Gasteiger partial charge in [0, 0.05) is 14.1 Å². The lowest BCUT2D eigenvalue weighted by Crippen LogP contribution is -2.25. The van der Waals surface area contributed by atoms with Gasteiger partial charge in [-0.15, -0.1) is 0 Å². The van der Waals surface area contributed by atoms with Gasteiger partial charge in [0.1, 0.15) is 0 Å². The molecule has 1 aromatic rings. The number of hydrogen-bond acceptors (Lipinski definition) is 3. The summed E-state index contributed by atoms with van der Waals surface area (Å²) >= 11 is 4.97. The van der Waals surface area contributed by atoms with E-state index >= 15 is 0 Å². The number of rotatable bonds is 1. The van der Waals surface area contributed by atoms with Crippen molar-refractivity contribution in [1.82, 2.24) is 4.90 Å². The standard InChI is InChI=1S/C10H13NO2S/c1-7-5-4-6-8(12)9(7)13-10(14)11(2)3/h4-6,12H,1-3H3. The van der Waals surface area contributed by atoms with Crippen molar-refractivity contribution in [2.45, 2.75) is 6.92 Å². The molecule has 0 aliphatic heterocycles. The number of para-hydroxylation sites is 1. The first kappa shape index (κ1) is 10.8. The van der Waals surface area contributed by atoms with Gasteiger partial charge >= 0.3 is 0 Å². The Morgan fingerprint density at radius 2 is 2.07 bits per heavy atom. The lowest BCUT2D eigenvalue weighted by molar-refractivity contribution is 0.403. The minimum Gasteiger partial charge on any atom is -0.504 e. The Bertz CT molecular complexity index is 330. The average molecular weight is 211 g/mol. The van der Waals surface area contributed by atoms with E-state index in [1.165, 1.54) is 0 Å². The molecule has 1 N–H and O–H groups in total. The molecule has 0 saturated heterocycles. The van der Waals surface area contributed by atoms with Gasteiger partial charge in [-0.3, -0.25) is 0 Å². The molecule has 0 aliphatic rings. The van der Waals surface area contributed by atoms with Gasteiger partial charge in [0.15, 0.2) is 11.5 Å². The molecule has 0 bridgehead atoms. The van der Waals surface area contributed by atoms with Crippen LogP contribution in [0.5, 0.6) is 11.5 Å². The number of benzene rings is 1. The van der Waals surface area contributed by atoms with Crippen LogP contribution in [0.3, 0.4) is 0 Å². The first-order valence-electron chi connectivity index (χ1n) is 4.20. The lowest BCUT2D eigenvalue weighted by Gasteiger charge is -2.16. The number of nitrogens with zero attached hydrogens (tertiary/aromatic N) is 1. The zero-order valence-corrected chi connectivity index (χ0v) is 9.26. The molecule has 0 fully saturated rings. The Kier molecular flexibility index (Phi) is 3.30. The van der Waals surface area contributed by atoms with Crippen molar-refractivity contribution >= 4 is 17.4 Å². The fourth-order valence-corrected chi connectivity index (χ4v) is 1.03. The van der Waals surface area contributed by atoms with Gasteiger partial charge in [-0.2, -0.15) is 0 Å². The van der Waals surface area contributed by atoms with Crippen LogP contribution in [0.15, 0.2) is 18.2 Å². The summed E-state index contributed by atoms with van der Waals surface area (Å²) < 4.78 is 5.34. The van der Waals surface area contributed by atoms with Gasteiger partial charge in [0.2, 0.25) is 0 Å². The minimum atomic E-state index is 0.106. The molecule has 76 valence electrons. The van der Waals surface area contributed by atoms with Gasteiger partial charge in [-0.05, 0) is 30.8 Å². The smallest absolute Gasteiger partial charge is 0.264 e. The summed E-state index contributed by atoms with van der Waals surface area (Å²) in [5.41, 5.74) is 0.856. The van der Waals surface area contributed by atoms with Gasteiger partial charge in [0.05, 0.1) is 0 Å². The second kappa shape index (κ2) is 4.28. The summed E-state index contributed by atoms with van der Waals surface area (Å²) in [6.07, 6.45) is 0. The molecule has 1 aromatic carbocycles. The first-order valence-corrected chi connectivity index (χ1v) is 4.61. The highest BCUT2D eigenvalue weighted by atomic mass is 32.1. The van der Waals surface area contributed by atoms with Gasteiger partial charge in [0.25, 0.3) is 5.17 Å². The van der Waals surface area contributed by atoms with E-state index in [9.17, 15) is 5.11 Å². The molecule has 0 aliphatic carbocycles. The lowest BCUT2D eigenvalue weighted by atomic mass is 10.2. The van der Waals surface area contributed by atoms with Crippen molar-refractivity contribution < 1.29 is 9.84 Å². The fraction of sp³-hybridized carbons (Fsp3) is 0.300. The van der Waals surface area contributed by atoms with Crippen molar-refractivity contribution in [1.29, 1.82) is 0 Å². The van der Waals surface area contributed by atoms with Crippen molar-refractivity contribution in [3.8, 4) is 11.5 Å². The highest BCUT2D eigenvalue weighted by Crippen LogP contribution is 2.29. The predicted octanol–water partition coefficient (Wildman–Crippen LogP) is 1.93. The first-order chi connectivity index (χ1) is 6.52. The fourth-order valence-electron chi connectivity index (χ4n) is 0.948. The number of phenols is 1. The molecule has 14 heavy (non-hydrogen) atoms. The minimum absolute atomic E-state index is 0.106. The summed E-state index contributed by atoms with van der Waals surface area (Å²) in [7, 11) is 3.58. The normalized spacial score (nSPS) is 9.64. The molecule has 0 atom stereocenters. The largest absolute Gasteiger partial charge is 0.504 e. The third kappa shape index (κ3) is 2.35. The molecule has 1 rings (SSSR count). The van der Waals surface area contributed by atoms with Crippen molar-refractivity contribution in [2.24, 2.45) is 0 Å². The number of aromatic hydroxyl groups is 1. The Morgan fingerprint density at radius 1 is 1.43 bits per heavy atom. The van der Waals surface area contributed by atoms with E-state index in [1.54, 1.807) is 31.1 Å². The van der Waals surface area contributed by atoms with E-state index in [-0.39, 0.29) is 5.75 Å². The number of phenolic OH excluding ortho intramolecular Hbond substituents is 1. The number of ether oxygens (including phenoxy) is 1. The van der Waals surface area contributed by atoms with Crippen LogP contribution in [-0.4, -0.2) is 29.3 Å². The maximum absolute atomic E-state index is 9.52. The topological polar surface area (TPSA) is 32.7 Å². The quantitative estimate of drug-likeness (QED) is 0.719. The van der Waals surface area contributed by atoms with Crippen LogP contribution >= 0.6 is 12.2 Å². The van der Waals surface area contributed by atoms with Crippen LogP contribution in [0.4, 0.5) is 0 Å². The second-order valence-electron chi connectivity index (χ2n) is 3.19. The summed E-state index contributed by atoms with van der Waals surface area (Å²) in [4.78, 5) is 1.67. The van der Waals surface area contributed by atoms with Gasteiger partial charge in [-0.1, -0.05) is 12.1 Å². The van der Waals surface area contributed by atoms with E-state index in [2.05, 4.69) is 0 Å². The Labute approximate surface area is 88.9 Å². The highest BCUT2D eigenvalue weighted by molar-refractivity contribution is 7.80. The maximum Gasteiger partial charge on any atom is 0.264 e. The summed E-state index contributed by atoms with van der Waals surface area (Å²) in [6, 6.07) is 5.18. The molecule has 3 nitrogen and oxygen atoms in total. The Hall–Kier alpha value is -1.29. The van der Waals surface area contributed by atoms with E-state index < -0.39 is 0 Å². The van der Waals surface area contributed by atoms with E-state index in [1.807, 2.05) is 13.0 Å². The van der Waals surface area contributed by atoms with Crippen LogP contribution in [0.1, 0.15) is 5.56 Å². The predicted molar refractivity (Wildman–Crippen MR) is 59.8 cm³/mol. The molecule has 4 heteroatoms. The number of aryl methyl sites for hydroxylation is 1. The van der Waals surface area contributed by atoms with E-state index in [4.69, 9.17) is 17.0 Å². The third-order valence-electron chi connectivity index (χ3n) is 1.75. The average Bonchev–Trinajstić information content (AvgIpc) is 2.11. The van der Waals surface area contributed by atoms with Crippen LogP contribution in [-0.2, 0) is 0 Å². The summed E-state index contributed by atoms with van der Waals surface area (Å²) in [5.74, 6) is 0.528. The molecule has 0 aromatic heterocycles. The summed E-state index contributed by atoms with van der Waals surface area (Å²) in [6.45, 7) is 1.85. The Balaban J connectivity index is 2.91. The number of hydrogen-bond donors (Lipinski definition) is 1. The molecule has 0 radical (unpaired) electrons. The molecule has 0 spiro atoms. The molecular formula is C10H13NO2S. The number of thiocarbonyl (C=S) groups is 1. The highest BCUT2D eigenvalue weighted by Gasteiger charge is 2.09. The maximum atomic E-state index is 9.52. The van der Waals surface area contributed by atoms with Crippen molar-refractivity contribution in [3.63, 3.8) is 0 Å². The molecule has 0 heterocycles. The second-order valence-corrected chi connectivity index (χ2v) is 3.53. The van der Waals surface area contributed by atoms with Crippen molar-refractivity contribution in [2.75, 3.05) is 14.1 Å². The van der Waals surface area contributed by atoms with Crippen LogP contribution in [0.2, 0.25) is 0 Å². The van der Waals surface area contributed by atoms with Gasteiger partial charge in [-0.25, -0.2) is 0 Å². The molecule has 0 amide bonds. The SMILES string of the molecule is Cc1cccc(O)c1OC(=S)N(C)C. The van der Waals surface area contributed by atoms with Crippen molar-refractivity contribution in [3.05, 3.63) is 23.8 Å². The van der Waals surface area contributed by atoms with Crippen LogP contribution < -0.4 is 4.74 Å². The Morgan fingerprint density at radius 3 is 2.57 bits per heavy atom. The monoisotopic (exact) mass is 211 g/mol. The van der Waals surface area contributed by atoms with Crippen LogP contribution in [0.25, 0.3) is 0 Å².